The van der Waals surface area contributed by atoms with E-state index in [9.17, 15) is 8.94 Å². The molecule has 2 atom stereocenters. The number of benzene rings is 1. The van der Waals surface area contributed by atoms with E-state index >= 15 is 0 Å². The van der Waals surface area contributed by atoms with Gasteiger partial charge in [-0.1, -0.05) is 32.9 Å². The molecule has 0 N–H and O–H groups in total. The summed E-state index contributed by atoms with van der Waals surface area (Å²) in [4.78, 5) is 0.772. The Labute approximate surface area is 118 Å². The Balaban J connectivity index is 2.13. The van der Waals surface area contributed by atoms with E-state index in [0.29, 0.717) is 0 Å². The van der Waals surface area contributed by atoms with E-state index in [4.69, 9.17) is 0 Å². The summed E-state index contributed by atoms with van der Waals surface area (Å²) in [5.41, 5.74) is 1.31. The van der Waals surface area contributed by atoms with Gasteiger partial charge in [-0.05, 0) is 36.0 Å². The molecule has 106 valence electrons. The maximum Gasteiger partial charge on any atom is 0.174 e. The predicted octanol–water partition coefficient (Wildman–Crippen LogP) is 3.44. The molecule has 1 unspecified atom stereocenters. The maximum absolute atomic E-state index is 12.9. The highest BCUT2D eigenvalue weighted by Crippen LogP contribution is 2.28. The number of hydrogen-bond donors (Lipinski definition) is 0. The van der Waals surface area contributed by atoms with E-state index in [0.717, 1.165) is 24.3 Å². The zero-order chi connectivity index (χ0) is 14.0. The fourth-order valence-corrected chi connectivity index (χ4v) is 3.76. The van der Waals surface area contributed by atoms with Crippen LogP contribution in [0.5, 0.6) is 0 Å². The number of alkyl halides is 1. The Kier molecular flexibility index (Phi) is 4.54. The third-order valence-corrected chi connectivity index (χ3v) is 5.22. The van der Waals surface area contributed by atoms with Crippen LogP contribution in [0, 0.1) is 0 Å². The van der Waals surface area contributed by atoms with Crippen molar-refractivity contribution in [3.05, 3.63) is 29.8 Å². The van der Waals surface area contributed by atoms with Gasteiger partial charge in [-0.3, -0.25) is 0 Å². The molecule has 0 amide bonds. The second-order valence-electron chi connectivity index (χ2n) is 6.11. The lowest BCUT2D eigenvalue weighted by atomic mass is 9.87. The van der Waals surface area contributed by atoms with Crippen molar-refractivity contribution in [1.82, 2.24) is 4.31 Å². The van der Waals surface area contributed by atoms with Crippen molar-refractivity contribution in [2.24, 2.45) is 0 Å². The summed E-state index contributed by atoms with van der Waals surface area (Å²) in [7, 11) is 0. The molecule has 2 rings (SSSR count). The van der Waals surface area contributed by atoms with Gasteiger partial charge in [0.2, 0.25) is 0 Å². The highest BCUT2D eigenvalue weighted by Gasteiger charge is 2.35. The summed E-state index contributed by atoms with van der Waals surface area (Å²) >= 11 is -1.23. The number of nitrogens with zero attached hydrogens (tertiary/aromatic N) is 1. The van der Waals surface area contributed by atoms with Crippen molar-refractivity contribution in [2.75, 3.05) is 13.2 Å². The van der Waals surface area contributed by atoms with Crippen LogP contribution in [0.25, 0.3) is 0 Å². The summed E-state index contributed by atoms with van der Waals surface area (Å²) in [6.45, 7) is 6.77. The second-order valence-corrected chi connectivity index (χ2v) is 7.55. The van der Waals surface area contributed by atoms with Gasteiger partial charge in [0.15, 0.2) is 4.90 Å². The minimum atomic E-state index is -1.23. The molecule has 1 aromatic rings. The minimum Gasteiger partial charge on any atom is -0.593 e. The Morgan fingerprint density at radius 1 is 1.32 bits per heavy atom. The van der Waals surface area contributed by atoms with Gasteiger partial charge in [0.05, 0.1) is 17.4 Å². The Morgan fingerprint density at radius 3 is 2.47 bits per heavy atom. The van der Waals surface area contributed by atoms with Crippen LogP contribution in [0.1, 0.15) is 39.2 Å². The topological polar surface area (TPSA) is 26.3 Å². The van der Waals surface area contributed by atoms with Crippen LogP contribution in [-0.2, 0) is 16.8 Å². The molecule has 1 saturated heterocycles. The lowest BCUT2D eigenvalue weighted by molar-refractivity contribution is 0.311. The zero-order valence-electron chi connectivity index (χ0n) is 11.9. The maximum atomic E-state index is 12.9. The highest BCUT2D eigenvalue weighted by molar-refractivity contribution is 7.89. The molecule has 1 aliphatic rings. The van der Waals surface area contributed by atoms with Gasteiger partial charge in [0.1, 0.15) is 6.67 Å². The first-order valence-corrected chi connectivity index (χ1v) is 7.89. The molecule has 0 bridgehead atoms. The van der Waals surface area contributed by atoms with Crippen molar-refractivity contribution >= 4 is 11.4 Å². The first kappa shape index (κ1) is 14.8. The molecule has 2 nitrogen and oxygen atoms in total. The van der Waals surface area contributed by atoms with Crippen LogP contribution in [0.15, 0.2) is 29.2 Å². The molecule has 0 saturated carbocycles. The molecule has 1 aliphatic heterocycles. The van der Waals surface area contributed by atoms with Gasteiger partial charge >= 0.3 is 0 Å². The first-order valence-electron chi connectivity index (χ1n) is 6.78. The van der Waals surface area contributed by atoms with Crippen molar-refractivity contribution in [3.63, 3.8) is 0 Å². The summed E-state index contributed by atoms with van der Waals surface area (Å²) < 4.78 is 27.1. The van der Waals surface area contributed by atoms with Gasteiger partial charge in [-0.2, -0.15) is 0 Å². The molecule has 1 aromatic carbocycles. The van der Waals surface area contributed by atoms with Crippen molar-refractivity contribution in [3.8, 4) is 0 Å². The summed E-state index contributed by atoms with van der Waals surface area (Å²) in [5.74, 6) is 0. The number of rotatable bonds is 3. The standard InChI is InChI=1S/C15H22FNOS/c1-15(2,3)12-6-8-14(9-7-12)19(18)17-10-4-5-13(17)11-16/h6-9,13H,4-5,10-11H2,1-3H3/t13-,19?/m1/s1. The summed E-state index contributed by atoms with van der Waals surface area (Å²) in [6, 6.07) is 7.68. The third kappa shape index (κ3) is 3.30. The SMILES string of the molecule is CC(C)(C)c1ccc([S+]([O-])N2CCC[C@@H]2CF)cc1. The molecule has 1 heterocycles. The molecule has 0 aromatic heterocycles. The van der Waals surface area contributed by atoms with Gasteiger partial charge in [-0.15, -0.1) is 4.31 Å². The van der Waals surface area contributed by atoms with Crippen molar-refractivity contribution in [1.29, 1.82) is 0 Å². The third-order valence-electron chi connectivity index (χ3n) is 3.64. The zero-order valence-corrected chi connectivity index (χ0v) is 12.7. The smallest absolute Gasteiger partial charge is 0.174 e. The van der Waals surface area contributed by atoms with E-state index < -0.39 is 18.0 Å². The Hall–Kier alpha value is -0.580. The Morgan fingerprint density at radius 2 is 1.95 bits per heavy atom. The highest BCUT2D eigenvalue weighted by atomic mass is 32.2. The van der Waals surface area contributed by atoms with Crippen LogP contribution < -0.4 is 0 Å². The van der Waals surface area contributed by atoms with Crippen molar-refractivity contribution in [2.45, 2.75) is 50.0 Å². The lowest BCUT2D eigenvalue weighted by Gasteiger charge is -2.24. The van der Waals surface area contributed by atoms with E-state index in [2.05, 4.69) is 20.8 Å². The predicted molar refractivity (Wildman–Crippen MR) is 77.3 cm³/mol. The van der Waals surface area contributed by atoms with Crippen molar-refractivity contribution < 1.29 is 8.94 Å². The van der Waals surface area contributed by atoms with Crippen LogP contribution in [0.3, 0.4) is 0 Å². The van der Waals surface area contributed by atoms with Gasteiger partial charge in [-0.25, -0.2) is 4.39 Å². The molecule has 0 aliphatic carbocycles. The summed E-state index contributed by atoms with van der Waals surface area (Å²) in [5, 5.41) is 0. The quantitative estimate of drug-likeness (QED) is 0.794. The number of hydrogen-bond acceptors (Lipinski definition) is 2. The van der Waals surface area contributed by atoms with Crippen LogP contribution in [0.4, 0.5) is 4.39 Å². The second kappa shape index (κ2) is 5.81. The molecular weight excluding hydrogens is 261 g/mol. The van der Waals surface area contributed by atoms with Crippen LogP contribution in [-0.4, -0.2) is 28.1 Å². The van der Waals surface area contributed by atoms with E-state index in [1.54, 1.807) is 4.31 Å². The first-order chi connectivity index (χ1) is 8.93. The van der Waals surface area contributed by atoms with Crippen LogP contribution >= 0.6 is 0 Å². The number of halogens is 1. The monoisotopic (exact) mass is 283 g/mol. The molecule has 19 heavy (non-hydrogen) atoms. The van der Waals surface area contributed by atoms with Gasteiger partial charge in [0.25, 0.3) is 0 Å². The normalized spacial score (nSPS) is 22.7. The summed E-state index contributed by atoms with van der Waals surface area (Å²) in [6.07, 6.45) is 1.74. The van der Waals surface area contributed by atoms with E-state index in [1.165, 1.54) is 5.56 Å². The molecule has 0 radical (unpaired) electrons. The van der Waals surface area contributed by atoms with Gasteiger partial charge < -0.3 is 4.55 Å². The molecule has 4 heteroatoms. The Bertz CT molecular complexity index is 415. The fraction of sp³-hybridized carbons (Fsp3) is 0.600. The molecule has 1 fully saturated rings. The fourth-order valence-electron chi connectivity index (χ4n) is 2.39. The van der Waals surface area contributed by atoms with E-state index in [-0.39, 0.29) is 11.5 Å². The average molecular weight is 283 g/mol. The minimum absolute atomic E-state index is 0.0924. The largest absolute Gasteiger partial charge is 0.593 e. The molecule has 0 spiro atoms. The average Bonchev–Trinajstić information content (AvgIpc) is 2.85. The van der Waals surface area contributed by atoms with E-state index in [1.807, 2.05) is 24.3 Å². The van der Waals surface area contributed by atoms with Gasteiger partial charge in [0, 0.05) is 6.54 Å². The lowest BCUT2D eigenvalue weighted by Crippen LogP contribution is -2.36. The molecular formula is C15H22FNOS. The van der Waals surface area contributed by atoms with Crippen LogP contribution in [0.2, 0.25) is 0 Å².